The molecule has 0 bridgehead atoms. The van der Waals surface area contributed by atoms with Gasteiger partial charge in [0.2, 0.25) is 0 Å². The van der Waals surface area contributed by atoms with Gasteiger partial charge in [0.15, 0.2) is 5.79 Å². The Morgan fingerprint density at radius 1 is 1.19 bits per heavy atom. The van der Waals surface area contributed by atoms with Crippen molar-refractivity contribution in [1.29, 1.82) is 0 Å². The van der Waals surface area contributed by atoms with E-state index in [1.807, 2.05) is 32.9 Å². The molecule has 1 aromatic carbocycles. The summed E-state index contributed by atoms with van der Waals surface area (Å²) in [5.74, 6) is -0.562. The zero-order chi connectivity index (χ0) is 11.9. The summed E-state index contributed by atoms with van der Waals surface area (Å²) >= 11 is 12.0. The molecule has 2 rings (SSSR count). The van der Waals surface area contributed by atoms with Crippen LogP contribution in [0.1, 0.15) is 32.4 Å². The molecule has 1 saturated heterocycles. The normalized spacial score (nSPS) is 28.3. The SMILES string of the molecule is C[C@@H]1OC(C)(C)O[C@@H]1c1ccc(Cl)cc1Cl. The molecule has 16 heavy (non-hydrogen) atoms. The molecule has 1 fully saturated rings. The van der Waals surface area contributed by atoms with E-state index in [1.54, 1.807) is 6.07 Å². The number of ether oxygens (including phenoxy) is 2. The van der Waals surface area contributed by atoms with Gasteiger partial charge in [0, 0.05) is 15.6 Å². The molecule has 0 N–H and O–H groups in total. The zero-order valence-electron chi connectivity index (χ0n) is 9.46. The third kappa shape index (κ3) is 2.35. The molecular formula is C12H14Cl2O2. The molecule has 0 unspecified atom stereocenters. The first kappa shape index (κ1) is 12.2. The molecule has 1 aliphatic heterocycles. The molecule has 1 heterocycles. The van der Waals surface area contributed by atoms with E-state index in [2.05, 4.69) is 0 Å². The molecule has 88 valence electrons. The number of halogens is 2. The molecule has 0 saturated carbocycles. The fourth-order valence-electron chi connectivity index (χ4n) is 1.99. The highest BCUT2D eigenvalue weighted by atomic mass is 35.5. The number of hydrogen-bond donors (Lipinski definition) is 0. The summed E-state index contributed by atoms with van der Waals surface area (Å²) in [5.41, 5.74) is 0.921. The van der Waals surface area contributed by atoms with E-state index in [0.29, 0.717) is 10.0 Å². The van der Waals surface area contributed by atoms with Crippen LogP contribution < -0.4 is 0 Å². The highest BCUT2D eigenvalue weighted by Gasteiger charge is 2.40. The van der Waals surface area contributed by atoms with Crippen molar-refractivity contribution in [2.75, 3.05) is 0 Å². The standard InChI is InChI=1S/C12H14Cl2O2/c1-7-11(16-12(2,3)15-7)9-5-4-8(13)6-10(9)14/h4-7,11H,1-3H3/t7-,11-/m0/s1. The smallest absolute Gasteiger partial charge is 0.164 e. The first-order chi connectivity index (χ1) is 7.39. The van der Waals surface area contributed by atoms with Crippen molar-refractivity contribution in [2.45, 2.75) is 38.8 Å². The van der Waals surface area contributed by atoms with Gasteiger partial charge in [0.05, 0.1) is 6.10 Å². The zero-order valence-corrected chi connectivity index (χ0v) is 11.0. The van der Waals surface area contributed by atoms with E-state index in [4.69, 9.17) is 32.7 Å². The Labute approximate surface area is 105 Å². The van der Waals surface area contributed by atoms with E-state index in [-0.39, 0.29) is 12.2 Å². The third-order valence-electron chi connectivity index (χ3n) is 2.58. The van der Waals surface area contributed by atoms with Gasteiger partial charge < -0.3 is 9.47 Å². The molecule has 0 aromatic heterocycles. The molecule has 0 radical (unpaired) electrons. The van der Waals surface area contributed by atoms with E-state index < -0.39 is 5.79 Å². The van der Waals surface area contributed by atoms with Crippen LogP contribution in [0.5, 0.6) is 0 Å². The third-order valence-corrected chi connectivity index (χ3v) is 3.14. The van der Waals surface area contributed by atoms with Gasteiger partial charge >= 0.3 is 0 Å². The number of rotatable bonds is 1. The number of hydrogen-bond acceptors (Lipinski definition) is 2. The Hall–Kier alpha value is -0.280. The van der Waals surface area contributed by atoms with Crippen molar-refractivity contribution in [1.82, 2.24) is 0 Å². The van der Waals surface area contributed by atoms with Crippen LogP contribution in [-0.4, -0.2) is 11.9 Å². The minimum atomic E-state index is -0.562. The summed E-state index contributed by atoms with van der Waals surface area (Å²) in [7, 11) is 0. The molecule has 4 heteroatoms. The van der Waals surface area contributed by atoms with Crippen LogP contribution in [0.25, 0.3) is 0 Å². The Morgan fingerprint density at radius 3 is 2.38 bits per heavy atom. The number of benzene rings is 1. The van der Waals surface area contributed by atoms with Gasteiger partial charge in [-0.25, -0.2) is 0 Å². The second-order valence-electron chi connectivity index (χ2n) is 4.43. The molecule has 1 aliphatic rings. The maximum atomic E-state index is 6.15. The summed E-state index contributed by atoms with van der Waals surface area (Å²) in [6.07, 6.45) is -0.159. The fourth-order valence-corrected chi connectivity index (χ4v) is 2.50. The average molecular weight is 261 g/mol. The van der Waals surface area contributed by atoms with Gasteiger partial charge in [-0.15, -0.1) is 0 Å². The summed E-state index contributed by atoms with van der Waals surface area (Å²) < 4.78 is 11.5. The van der Waals surface area contributed by atoms with Gasteiger partial charge in [-0.3, -0.25) is 0 Å². The van der Waals surface area contributed by atoms with Crippen LogP contribution in [0.4, 0.5) is 0 Å². The van der Waals surface area contributed by atoms with Crippen molar-refractivity contribution in [3.05, 3.63) is 33.8 Å². The van der Waals surface area contributed by atoms with Crippen LogP contribution in [0.3, 0.4) is 0 Å². The first-order valence-corrected chi connectivity index (χ1v) is 5.95. The summed E-state index contributed by atoms with van der Waals surface area (Å²) in [5, 5.41) is 1.24. The second-order valence-corrected chi connectivity index (χ2v) is 5.27. The Balaban J connectivity index is 2.31. The first-order valence-electron chi connectivity index (χ1n) is 5.20. The highest BCUT2D eigenvalue weighted by Crippen LogP contribution is 2.40. The van der Waals surface area contributed by atoms with Crippen molar-refractivity contribution >= 4 is 23.2 Å². The van der Waals surface area contributed by atoms with Crippen LogP contribution in [0.2, 0.25) is 10.0 Å². The molecule has 0 amide bonds. The van der Waals surface area contributed by atoms with Gasteiger partial charge in [0.25, 0.3) is 0 Å². The van der Waals surface area contributed by atoms with Crippen LogP contribution in [0, 0.1) is 0 Å². The Morgan fingerprint density at radius 2 is 1.88 bits per heavy atom. The van der Waals surface area contributed by atoms with E-state index >= 15 is 0 Å². The predicted octanol–water partition coefficient (Wildman–Crippen LogP) is 4.21. The van der Waals surface area contributed by atoms with Crippen molar-refractivity contribution in [3.8, 4) is 0 Å². The molecule has 0 spiro atoms. The van der Waals surface area contributed by atoms with Gasteiger partial charge in [-0.05, 0) is 32.9 Å². The monoisotopic (exact) mass is 260 g/mol. The molecule has 2 nitrogen and oxygen atoms in total. The molecule has 1 aromatic rings. The van der Waals surface area contributed by atoms with Gasteiger partial charge in [-0.2, -0.15) is 0 Å². The van der Waals surface area contributed by atoms with Crippen LogP contribution in [-0.2, 0) is 9.47 Å². The summed E-state index contributed by atoms with van der Waals surface area (Å²) in [6.45, 7) is 5.77. The minimum absolute atomic E-state index is 0.0197. The lowest BCUT2D eigenvalue weighted by molar-refractivity contribution is -0.145. The lowest BCUT2D eigenvalue weighted by Crippen LogP contribution is -2.20. The lowest BCUT2D eigenvalue weighted by atomic mass is 10.1. The summed E-state index contributed by atoms with van der Waals surface area (Å²) in [4.78, 5) is 0. The minimum Gasteiger partial charge on any atom is -0.344 e. The maximum Gasteiger partial charge on any atom is 0.164 e. The lowest BCUT2D eigenvalue weighted by Gasteiger charge is -2.17. The fraction of sp³-hybridized carbons (Fsp3) is 0.500. The van der Waals surface area contributed by atoms with Crippen molar-refractivity contribution in [3.63, 3.8) is 0 Å². The second kappa shape index (κ2) is 4.19. The quantitative estimate of drug-likeness (QED) is 0.754. The Bertz CT molecular complexity index is 404. The average Bonchev–Trinajstić information content (AvgIpc) is 2.39. The Kier molecular flexibility index (Phi) is 3.19. The largest absolute Gasteiger partial charge is 0.344 e. The van der Waals surface area contributed by atoms with Gasteiger partial charge in [-0.1, -0.05) is 29.3 Å². The van der Waals surface area contributed by atoms with Crippen LogP contribution >= 0.6 is 23.2 Å². The van der Waals surface area contributed by atoms with E-state index in [0.717, 1.165) is 5.56 Å². The van der Waals surface area contributed by atoms with Gasteiger partial charge in [0.1, 0.15) is 6.10 Å². The topological polar surface area (TPSA) is 18.5 Å². The predicted molar refractivity (Wildman–Crippen MR) is 64.9 cm³/mol. The molecule has 2 atom stereocenters. The van der Waals surface area contributed by atoms with Crippen molar-refractivity contribution < 1.29 is 9.47 Å². The van der Waals surface area contributed by atoms with Crippen LogP contribution in [0.15, 0.2) is 18.2 Å². The van der Waals surface area contributed by atoms with Crippen molar-refractivity contribution in [2.24, 2.45) is 0 Å². The molecular weight excluding hydrogens is 247 g/mol. The maximum absolute atomic E-state index is 6.15. The highest BCUT2D eigenvalue weighted by molar-refractivity contribution is 6.35. The van der Waals surface area contributed by atoms with E-state index in [1.165, 1.54) is 0 Å². The molecule has 0 aliphatic carbocycles. The summed E-state index contributed by atoms with van der Waals surface area (Å²) in [6, 6.07) is 5.42. The van der Waals surface area contributed by atoms with E-state index in [9.17, 15) is 0 Å².